The molecule has 27 heavy (non-hydrogen) atoms. The summed E-state index contributed by atoms with van der Waals surface area (Å²) < 4.78 is 5.49. The summed E-state index contributed by atoms with van der Waals surface area (Å²) >= 11 is 0. The van der Waals surface area contributed by atoms with Gasteiger partial charge in [-0.2, -0.15) is 0 Å². The first-order valence-corrected chi connectivity index (χ1v) is 9.23. The molecular weight excluding hydrogens is 342 g/mol. The number of hydrogen-bond acceptors (Lipinski definition) is 6. The normalized spacial score (nSPS) is 21.1. The SMILES string of the molecule is COc1cc(C(N)=O)cc2c1N(C)C(c1ccc(N3CCCC3C)nc1)N2. The number of primary amides is 1. The number of fused-ring (bicyclic) bond motifs is 1. The Hall–Kier alpha value is -2.96. The molecule has 2 unspecified atom stereocenters. The molecule has 1 amide bonds. The van der Waals surface area contributed by atoms with Gasteiger partial charge < -0.3 is 25.6 Å². The van der Waals surface area contributed by atoms with Crippen molar-refractivity contribution in [1.29, 1.82) is 0 Å². The van der Waals surface area contributed by atoms with E-state index in [1.54, 1.807) is 19.2 Å². The summed E-state index contributed by atoms with van der Waals surface area (Å²) in [5, 5.41) is 3.45. The minimum atomic E-state index is -0.477. The number of nitrogens with one attached hydrogen (secondary N) is 1. The van der Waals surface area contributed by atoms with Gasteiger partial charge in [-0.3, -0.25) is 4.79 Å². The van der Waals surface area contributed by atoms with Crippen molar-refractivity contribution in [1.82, 2.24) is 4.98 Å². The smallest absolute Gasteiger partial charge is 0.248 e. The lowest BCUT2D eigenvalue weighted by atomic mass is 10.1. The molecule has 2 atom stereocenters. The lowest BCUT2D eigenvalue weighted by Crippen LogP contribution is -2.28. The van der Waals surface area contributed by atoms with Gasteiger partial charge in [0, 0.05) is 37.0 Å². The van der Waals surface area contributed by atoms with Crippen LogP contribution in [0.1, 0.15) is 41.9 Å². The Bertz CT molecular complexity index is 867. The fraction of sp³-hybridized carbons (Fsp3) is 0.400. The first-order valence-electron chi connectivity index (χ1n) is 9.23. The molecule has 0 spiro atoms. The summed E-state index contributed by atoms with van der Waals surface area (Å²) in [6, 6.07) is 8.18. The number of aromatic nitrogens is 1. The largest absolute Gasteiger partial charge is 0.494 e. The molecule has 142 valence electrons. The van der Waals surface area contributed by atoms with E-state index in [9.17, 15) is 4.79 Å². The number of carbonyl (C=O) groups is 1. The van der Waals surface area contributed by atoms with Crippen LogP contribution in [-0.4, -0.2) is 37.6 Å². The number of ether oxygens (including phenoxy) is 1. The van der Waals surface area contributed by atoms with Crippen LogP contribution in [-0.2, 0) is 0 Å². The molecule has 1 aromatic carbocycles. The van der Waals surface area contributed by atoms with E-state index in [0.29, 0.717) is 17.4 Å². The zero-order valence-electron chi connectivity index (χ0n) is 15.9. The van der Waals surface area contributed by atoms with Crippen molar-refractivity contribution in [2.45, 2.75) is 32.0 Å². The number of rotatable bonds is 4. The van der Waals surface area contributed by atoms with Crippen molar-refractivity contribution in [2.75, 3.05) is 35.8 Å². The van der Waals surface area contributed by atoms with Crippen LogP contribution in [0.5, 0.6) is 5.75 Å². The van der Waals surface area contributed by atoms with Crippen molar-refractivity contribution in [3.63, 3.8) is 0 Å². The Morgan fingerprint density at radius 1 is 1.37 bits per heavy atom. The fourth-order valence-electron chi connectivity index (χ4n) is 4.06. The second-order valence-electron chi connectivity index (χ2n) is 7.23. The zero-order valence-corrected chi connectivity index (χ0v) is 15.9. The summed E-state index contributed by atoms with van der Waals surface area (Å²) in [6.45, 7) is 3.31. The number of hydrogen-bond donors (Lipinski definition) is 2. The summed E-state index contributed by atoms with van der Waals surface area (Å²) in [4.78, 5) is 20.7. The van der Waals surface area contributed by atoms with Crippen LogP contribution < -0.4 is 25.6 Å². The number of anilines is 3. The molecule has 4 rings (SSSR count). The van der Waals surface area contributed by atoms with Gasteiger partial charge >= 0.3 is 0 Å². The summed E-state index contributed by atoms with van der Waals surface area (Å²) in [6.07, 6.45) is 4.26. The van der Waals surface area contributed by atoms with E-state index in [1.165, 1.54) is 12.8 Å². The predicted molar refractivity (Wildman–Crippen MR) is 107 cm³/mol. The van der Waals surface area contributed by atoms with Crippen LogP contribution in [0.25, 0.3) is 0 Å². The monoisotopic (exact) mass is 367 g/mol. The maximum Gasteiger partial charge on any atom is 0.248 e. The second-order valence-corrected chi connectivity index (χ2v) is 7.23. The van der Waals surface area contributed by atoms with Crippen molar-refractivity contribution >= 4 is 23.1 Å². The first-order chi connectivity index (χ1) is 13.0. The molecule has 1 fully saturated rings. The molecule has 0 aliphatic carbocycles. The molecule has 1 saturated heterocycles. The minimum absolute atomic E-state index is 0.0884. The summed E-state index contributed by atoms with van der Waals surface area (Å²) in [7, 11) is 3.58. The Balaban J connectivity index is 1.62. The van der Waals surface area contributed by atoms with Crippen molar-refractivity contribution < 1.29 is 9.53 Å². The Kier molecular flexibility index (Phi) is 4.30. The van der Waals surface area contributed by atoms with E-state index in [1.807, 2.05) is 13.2 Å². The molecule has 2 aromatic rings. The van der Waals surface area contributed by atoms with E-state index in [4.69, 9.17) is 15.5 Å². The van der Waals surface area contributed by atoms with Crippen LogP contribution in [0.15, 0.2) is 30.5 Å². The molecule has 7 heteroatoms. The molecule has 2 aliphatic heterocycles. The van der Waals surface area contributed by atoms with Gasteiger partial charge in [0.1, 0.15) is 23.4 Å². The predicted octanol–water partition coefficient (Wildman–Crippen LogP) is 2.74. The van der Waals surface area contributed by atoms with E-state index in [0.717, 1.165) is 29.3 Å². The van der Waals surface area contributed by atoms with E-state index >= 15 is 0 Å². The molecule has 0 saturated carbocycles. The van der Waals surface area contributed by atoms with Gasteiger partial charge in [-0.05, 0) is 44.0 Å². The Morgan fingerprint density at radius 2 is 2.19 bits per heavy atom. The third-order valence-electron chi connectivity index (χ3n) is 5.55. The Labute approximate surface area is 159 Å². The highest BCUT2D eigenvalue weighted by atomic mass is 16.5. The van der Waals surface area contributed by atoms with Gasteiger partial charge in [0.25, 0.3) is 0 Å². The molecule has 2 aliphatic rings. The standard InChI is InChI=1S/C20H25N5O2/c1-12-5-4-8-25(12)17-7-6-13(11-22-17)20-23-15-9-14(19(21)26)10-16(27-3)18(15)24(20)2/h6-7,9-12,20,23H,4-5,8H2,1-3H3,(H2,21,26). The van der Waals surface area contributed by atoms with E-state index < -0.39 is 5.91 Å². The van der Waals surface area contributed by atoms with Crippen molar-refractivity contribution in [2.24, 2.45) is 5.73 Å². The van der Waals surface area contributed by atoms with Gasteiger partial charge in [-0.1, -0.05) is 0 Å². The number of benzene rings is 1. The first kappa shape index (κ1) is 17.5. The highest BCUT2D eigenvalue weighted by molar-refractivity contribution is 5.97. The number of carbonyl (C=O) groups excluding carboxylic acids is 1. The molecule has 0 radical (unpaired) electrons. The summed E-state index contributed by atoms with van der Waals surface area (Å²) in [5.74, 6) is 1.17. The average Bonchev–Trinajstić information content (AvgIpc) is 3.24. The van der Waals surface area contributed by atoms with E-state index in [-0.39, 0.29) is 6.17 Å². The maximum atomic E-state index is 11.6. The van der Waals surface area contributed by atoms with Crippen LogP contribution in [0.2, 0.25) is 0 Å². The van der Waals surface area contributed by atoms with Gasteiger partial charge in [-0.15, -0.1) is 0 Å². The van der Waals surface area contributed by atoms with Gasteiger partial charge in [0.05, 0.1) is 12.8 Å². The van der Waals surface area contributed by atoms with Gasteiger partial charge in [0.15, 0.2) is 0 Å². The molecule has 7 nitrogen and oxygen atoms in total. The number of nitrogens with two attached hydrogens (primary N) is 1. The van der Waals surface area contributed by atoms with Crippen LogP contribution >= 0.6 is 0 Å². The lowest BCUT2D eigenvalue weighted by Gasteiger charge is -2.25. The minimum Gasteiger partial charge on any atom is -0.494 e. The number of methoxy groups -OCH3 is 1. The van der Waals surface area contributed by atoms with E-state index in [2.05, 4.69) is 34.2 Å². The third kappa shape index (κ3) is 2.93. The molecule has 3 N–H and O–H groups in total. The van der Waals surface area contributed by atoms with Crippen LogP contribution in [0, 0.1) is 0 Å². The molecular formula is C20H25N5O2. The fourth-order valence-corrected chi connectivity index (χ4v) is 4.06. The second kappa shape index (κ2) is 6.64. The van der Waals surface area contributed by atoms with Crippen LogP contribution in [0.4, 0.5) is 17.2 Å². The molecule has 0 bridgehead atoms. The topological polar surface area (TPSA) is 83.7 Å². The number of amides is 1. The summed E-state index contributed by atoms with van der Waals surface area (Å²) in [5.41, 5.74) is 8.65. The lowest BCUT2D eigenvalue weighted by molar-refractivity contribution is 0.1000. The van der Waals surface area contributed by atoms with Crippen molar-refractivity contribution in [3.8, 4) is 5.75 Å². The quantitative estimate of drug-likeness (QED) is 0.864. The average molecular weight is 367 g/mol. The highest BCUT2D eigenvalue weighted by Gasteiger charge is 2.31. The van der Waals surface area contributed by atoms with Gasteiger partial charge in [0.2, 0.25) is 5.91 Å². The molecule has 1 aromatic heterocycles. The highest BCUT2D eigenvalue weighted by Crippen LogP contribution is 2.46. The van der Waals surface area contributed by atoms with Gasteiger partial charge in [-0.25, -0.2) is 4.98 Å². The number of nitrogens with zero attached hydrogens (tertiary/aromatic N) is 3. The maximum absolute atomic E-state index is 11.6. The molecule has 3 heterocycles. The van der Waals surface area contributed by atoms with Crippen LogP contribution in [0.3, 0.4) is 0 Å². The van der Waals surface area contributed by atoms with Crippen molar-refractivity contribution in [3.05, 3.63) is 41.6 Å². The number of pyridine rings is 1. The third-order valence-corrected chi connectivity index (χ3v) is 5.55. The zero-order chi connectivity index (χ0) is 19.1. The Morgan fingerprint density at radius 3 is 2.78 bits per heavy atom.